The highest BCUT2D eigenvalue weighted by atomic mass is 16.6. The number of rotatable bonds is 8. The van der Waals surface area contributed by atoms with Crippen molar-refractivity contribution in [2.75, 3.05) is 6.54 Å². The number of hydrogen-bond acceptors (Lipinski definition) is 3. The number of nitro groups is 1. The molecule has 0 heterocycles. The average Bonchev–Trinajstić information content (AvgIpc) is 2.60. The second-order valence-electron chi connectivity index (χ2n) is 7.18. The molecule has 0 aromatic heterocycles. The minimum Gasteiger partial charge on any atom is -0.303 e. The molecule has 2 aromatic rings. The molecule has 0 unspecified atom stereocenters. The van der Waals surface area contributed by atoms with Gasteiger partial charge < -0.3 is 4.79 Å². The molecule has 4 heteroatoms. The number of aldehydes is 1. The van der Waals surface area contributed by atoms with Gasteiger partial charge in [0.25, 0.3) is 0 Å². The lowest BCUT2D eigenvalue weighted by Gasteiger charge is -2.31. The van der Waals surface area contributed by atoms with Gasteiger partial charge in [0, 0.05) is 10.3 Å². The fourth-order valence-corrected chi connectivity index (χ4v) is 3.24. The quantitative estimate of drug-likeness (QED) is 0.400. The molecule has 0 fully saturated rings. The van der Waals surface area contributed by atoms with Gasteiger partial charge in [-0.3, -0.25) is 10.1 Å². The Morgan fingerprint density at radius 2 is 1.64 bits per heavy atom. The lowest BCUT2D eigenvalue weighted by Crippen LogP contribution is -2.34. The summed E-state index contributed by atoms with van der Waals surface area (Å²) < 4.78 is 0. The van der Waals surface area contributed by atoms with Crippen LogP contribution in [0.1, 0.15) is 49.3 Å². The predicted octanol–water partition coefficient (Wildman–Crippen LogP) is 4.62. The van der Waals surface area contributed by atoms with Crippen LogP contribution >= 0.6 is 0 Å². The molecule has 0 aliphatic heterocycles. The monoisotopic (exact) mass is 339 g/mol. The van der Waals surface area contributed by atoms with Crippen molar-refractivity contribution in [2.24, 2.45) is 5.41 Å². The van der Waals surface area contributed by atoms with Gasteiger partial charge >= 0.3 is 0 Å². The lowest BCUT2D eigenvalue weighted by molar-refractivity contribution is -0.485. The Morgan fingerprint density at radius 3 is 2.12 bits per heavy atom. The summed E-state index contributed by atoms with van der Waals surface area (Å²) in [6, 6.07) is 17.5. The molecule has 2 atom stereocenters. The normalized spacial score (nSPS) is 14.7. The molecule has 0 aliphatic carbocycles. The molecular weight excluding hydrogens is 314 g/mol. The van der Waals surface area contributed by atoms with Crippen LogP contribution < -0.4 is 0 Å². The number of benzene rings is 2. The Hall–Kier alpha value is -2.49. The van der Waals surface area contributed by atoms with Gasteiger partial charge in [-0.1, -0.05) is 75.4 Å². The van der Waals surface area contributed by atoms with Crippen LogP contribution in [0, 0.1) is 15.5 Å². The summed E-state index contributed by atoms with van der Waals surface area (Å²) in [4.78, 5) is 22.9. The third kappa shape index (κ3) is 4.75. The third-order valence-electron chi connectivity index (χ3n) is 4.83. The van der Waals surface area contributed by atoms with Crippen molar-refractivity contribution in [2.45, 2.75) is 39.0 Å². The van der Waals surface area contributed by atoms with E-state index < -0.39 is 11.3 Å². The highest BCUT2D eigenvalue weighted by Crippen LogP contribution is 2.37. The van der Waals surface area contributed by atoms with E-state index >= 15 is 0 Å². The molecule has 0 saturated heterocycles. The first kappa shape index (κ1) is 18.8. The highest BCUT2D eigenvalue weighted by molar-refractivity contribution is 5.62. The Morgan fingerprint density at radius 1 is 1.04 bits per heavy atom. The van der Waals surface area contributed by atoms with Gasteiger partial charge in [0.05, 0.1) is 5.92 Å². The van der Waals surface area contributed by atoms with Crippen molar-refractivity contribution in [3.63, 3.8) is 0 Å². The van der Waals surface area contributed by atoms with E-state index in [2.05, 4.69) is 26.0 Å². The van der Waals surface area contributed by atoms with Crippen LogP contribution in [0.4, 0.5) is 0 Å². The van der Waals surface area contributed by atoms with E-state index in [1.54, 1.807) is 0 Å². The Kier molecular flexibility index (Phi) is 6.07. The molecule has 0 aliphatic rings. The standard InChI is InChI=1S/C21H25NO3/c1-16(2)18-11-9-17(10-12-18)13-21(3,15-23)20(14-22(24)25)19-7-5-4-6-8-19/h4-12,15-16,20H,13-14H2,1-3H3/t20-,21+/m1/s1. The van der Waals surface area contributed by atoms with E-state index in [1.807, 2.05) is 49.4 Å². The van der Waals surface area contributed by atoms with Crippen molar-refractivity contribution in [1.29, 1.82) is 0 Å². The largest absolute Gasteiger partial charge is 0.303 e. The first-order valence-corrected chi connectivity index (χ1v) is 8.57. The van der Waals surface area contributed by atoms with Crippen molar-refractivity contribution < 1.29 is 9.72 Å². The van der Waals surface area contributed by atoms with Crippen molar-refractivity contribution in [3.8, 4) is 0 Å². The van der Waals surface area contributed by atoms with E-state index in [9.17, 15) is 14.9 Å². The first-order valence-electron chi connectivity index (χ1n) is 8.57. The van der Waals surface area contributed by atoms with Crippen LogP contribution in [0.3, 0.4) is 0 Å². The topological polar surface area (TPSA) is 60.2 Å². The van der Waals surface area contributed by atoms with Crippen molar-refractivity contribution in [3.05, 3.63) is 81.4 Å². The smallest absolute Gasteiger partial charge is 0.211 e. The Balaban J connectivity index is 2.34. The molecule has 0 spiro atoms. The van der Waals surface area contributed by atoms with Gasteiger partial charge in [-0.05, 0) is 29.0 Å². The van der Waals surface area contributed by atoms with Gasteiger partial charge in [0.2, 0.25) is 6.54 Å². The molecule has 4 nitrogen and oxygen atoms in total. The van der Waals surface area contributed by atoms with Gasteiger partial charge in [-0.2, -0.15) is 0 Å². The third-order valence-corrected chi connectivity index (χ3v) is 4.83. The zero-order chi connectivity index (χ0) is 18.4. The summed E-state index contributed by atoms with van der Waals surface area (Å²) in [7, 11) is 0. The van der Waals surface area contributed by atoms with E-state index in [0.717, 1.165) is 17.4 Å². The summed E-state index contributed by atoms with van der Waals surface area (Å²) in [6.45, 7) is 5.82. The summed E-state index contributed by atoms with van der Waals surface area (Å²) >= 11 is 0. The molecule has 2 aromatic carbocycles. The van der Waals surface area contributed by atoms with Crippen LogP contribution in [0.25, 0.3) is 0 Å². The minimum atomic E-state index is -0.840. The number of carbonyl (C=O) groups excluding carboxylic acids is 1. The van der Waals surface area contributed by atoms with E-state index in [-0.39, 0.29) is 11.5 Å². The Labute approximate surface area is 149 Å². The van der Waals surface area contributed by atoms with Gasteiger partial charge in [-0.25, -0.2) is 0 Å². The van der Waals surface area contributed by atoms with Crippen molar-refractivity contribution in [1.82, 2.24) is 0 Å². The maximum Gasteiger partial charge on any atom is 0.211 e. The van der Waals surface area contributed by atoms with Crippen LogP contribution in [0.15, 0.2) is 54.6 Å². The molecule has 0 bridgehead atoms. The van der Waals surface area contributed by atoms with E-state index in [0.29, 0.717) is 12.3 Å². The SMILES string of the molecule is CC(C)c1ccc(C[C@@](C)(C=O)[C@H](C[N+](=O)[O-])c2ccccc2)cc1. The minimum absolute atomic E-state index is 0.261. The molecule has 0 radical (unpaired) electrons. The number of carbonyl (C=O) groups is 1. The van der Waals surface area contributed by atoms with Gasteiger partial charge in [0.15, 0.2) is 0 Å². The Bertz CT molecular complexity index is 710. The fraction of sp³-hybridized carbons (Fsp3) is 0.381. The molecule has 0 amide bonds. The molecule has 2 rings (SSSR count). The molecular formula is C21H25NO3. The second kappa shape index (κ2) is 8.06. The van der Waals surface area contributed by atoms with Crippen molar-refractivity contribution >= 4 is 6.29 Å². The zero-order valence-electron chi connectivity index (χ0n) is 15.0. The number of nitrogens with zero attached hydrogens (tertiary/aromatic N) is 1. The fourth-order valence-electron chi connectivity index (χ4n) is 3.24. The first-order chi connectivity index (χ1) is 11.9. The molecule has 25 heavy (non-hydrogen) atoms. The maximum absolute atomic E-state index is 12.0. The van der Waals surface area contributed by atoms with Crippen LogP contribution in [-0.2, 0) is 11.2 Å². The summed E-state index contributed by atoms with van der Waals surface area (Å²) in [5.74, 6) is -0.0240. The molecule has 0 N–H and O–H groups in total. The summed E-state index contributed by atoms with van der Waals surface area (Å²) in [5, 5.41) is 11.2. The summed E-state index contributed by atoms with van der Waals surface area (Å²) in [5.41, 5.74) is 2.24. The van der Waals surface area contributed by atoms with Gasteiger partial charge in [-0.15, -0.1) is 0 Å². The highest BCUT2D eigenvalue weighted by Gasteiger charge is 2.38. The summed E-state index contributed by atoms with van der Waals surface area (Å²) in [6.07, 6.45) is 1.35. The predicted molar refractivity (Wildman–Crippen MR) is 99.5 cm³/mol. The second-order valence-corrected chi connectivity index (χ2v) is 7.18. The van der Waals surface area contributed by atoms with Crippen LogP contribution in [0.5, 0.6) is 0 Å². The number of hydrogen-bond donors (Lipinski definition) is 0. The van der Waals surface area contributed by atoms with Crippen LogP contribution in [0.2, 0.25) is 0 Å². The van der Waals surface area contributed by atoms with Crippen LogP contribution in [-0.4, -0.2) is 17.8 Å². The zero-order valence-corrected chi connectivity index (χ0v) is 15.0. The lowest BCUT2D eigenvalue weighted by atomic mass is 9.70. The maximum atomic E-state index is 12.0. The van der Waals surface area contributed by atoms with E-state index in [1.165, 1.54) is 5.56 Å². The van der Waals surface area contributed by atoms with E-state index in [4.69, 9.17) is 0 Å². The molecule has 0 saturated carbocycles. The van der Waals surface area contributed by atoms with Gasteiger partial charge in [0.1, 0.15) is 6.29 Å². The average molecular weight is 339 g/mol. The molecule has 132 valence electrons.